The summed E-state index contributed by atoms with van der Waals surface area (Å²) in [5.41, 5.74) is -0.0692. The second kappa shape index (κ2) is 5.34. The van der Waals surface area contributed by atoms with Crippen molar-refractivity contribution in [3.63, 3.8) is 0 Å². The number of nitrogens with zero attached hydrogens (tertiary/aromatic N) is 2. The van der Waals surface area contributed by atoms with Crippen LogP contribution < -0.4 is 5.32 Å². The number of hydrogen-bond donors (Lipinski definition) is 2. The third-order valence-electron chi connectivity index (χ3n) is 5.06. The molecule has 2 fully saturated rings. The number of ether oxygens (including phenoxy) is 1. The van der Waals surface area contributed by atoms with Gasteiger partial charge in [0.05, 0.1) is 12.1 Å². The van der Waals surface area contributed by atoms with Gasteiger partial charge in [-0.3, -0.25) is 0 Å². The molecule has 1 saturated heterocycles. The van der Waals surface area contributed by atoms with Gasteiger partial charge in [0, 0.05) is 13.7 Å². The van der Waals surface area contributed by atoms with Gasteiger partial charge in [-0.1, -0.05) is 19.0 Å². The molecule has 118 valence electrons. The van der Waals surface area contributed by atoms with Crippen molar-refractivity contribution in [2.45, 2.75) is 63.7 Å². The molecular weight excluding hydrogens is 270 g/mol. The smallest absolute Gasteiger partial charge is 0.243 e. The highest BCUT2D eigenvalue weighted by Crippen LogP contribution is 2.46. The first-order chi connectivity index (χ1) is 9.94. The lowest BCUT2D eigenvalue weighted by molar-refractivity contribution is -0.0740. The van der Waals surface area contributed by atoms with Crippen molar-refractivity contribution in [1.82, 2.24) is 15.5 Å². The Balaban J connectivity index is 1.78. The van der Waals surface area contributed by atoms with Gasteiger partial charge in [-0.25, -0.2) is 0 Å². The number of aromatic nitrogens is 2. The Kier molecular flexibility index (Phi) is 3.80. The number of rotatable bonds is 3. The predicted molar refractivity (Wildman–Crippen MR) is 76.6 cm³/mol. The highest BCUT2D eigenvalue weighted by Gasteiger charge is 2.44. The Labute approximate surface area is 125 Å². The molecule has 0 bridgehead atoms. The molecule has 2 aliphatic rings. The highest BCUT2D eigenvalue weighted by molar-refractivity contribution is 5.07. The molecule has 6 heteroatoms. The largest absolute Gasteiger partial charge is 0.392 e. The fourth-order valence-corrected chi connectivity index (χ4v) is 3.32. The van der Waals surface area contributed by atoms with E-state index < -0.39 is 5.60 Å². The second-order valence-electron chi connectivity index (χ2n) is 7.17. The summed E-state index contributed by atoms with van der Waals surface area (Å²) in [4.78, 5) is 4.56. The van der Waals surface area contributed by atoms with Gasteiger partial charge >= 0.3 is 0 Å². The highest BCUT2D eigenvalue weighted by atomic mass is 16.5. The van der Waals surface area contributed by atoms with Gasteiger partial charge in [-0.15, -0.1) is 0 Å². The summed E-state index contributed by atoms with van der Waals surface area (Å²) in [5.74, 6) is 1.21. The summed E-state index contributed by atoms with van der Waals surface area (Å²) in [5, 5.41) is 17.0. The first kappa shape index (κ1) is 14.9. The van der Waals surface area contributed by atoms with Crippen LogP contribution >= 0.6 is 0 Å². The van der Waals surface area contributed by atoms with Crippen molar-refractivity contribution >= 4 is 0 Å². The summed E-state index contributed by atoms with van der Waals surface area (Å²) in [7, 11) is 1.73. The van der Waals surface area contributed by atoms with Crippen molar-refractivity contribution in [1.29, 1.82) is 0 Å². The molecule has 3 rings (SSSR count). The Morgan fingerprint density at radius 3 is 2.57 bits per heavy atom. The zero-order valence-electron chi connectivity index (χ0n) is 13.1. The number of hydrogen-bond acceptors (Lipinski definition) is 6. The minimum atomic E-state index is -0.422. The number of β-amino-alcohol motifs (C(OH)–C–C–N with tert-alkyl or cyclic N) is 1. The Hall–Kier alpha value is -0.980. The van der Waals surface area contributed by atoms with Crippen LogP contribution in [0.1, 0.15) is 63.7 Å². The third kappa shape index (κ3) is 2.84. The van der Waals surface area contributed by atoms with Crippen LogP contribution in [0.5, 0.6) is 0 Å². The van der Waals surface area contributed by atoms with E-state index in [4.69, 9.17) is 9.26 Å². The average Bonchev–Trinajstić information content (AvgIpc) is 3.08. The Morgan fingerprint density at radius 1 is 1.29 bits per heavy atom. The van der Waals surface area contributed by atoms with Crippen LogP contribution in [0.3, 0.4) is 0 Å². The monoisotopic (exact) mass is 295 g/mol. The van der Waals surface area contributed by atoms with Gasteiger partial charge in [0.25, 0.3) is 0 Å². The van der Waals surface area contributed by atoms with Crippen LogP contribution in [0, 0.1) is 5.41 Å². The predicted octanol–water partition coefficient (Wildman–Crippen LogP) is 1.91. The molecule has 0 amide bonds. The summed E-state index contributed by atoms with van der Waals surface area (Å²) in [6.45, 7) is 5.15. The summed E-state index contributed by atoms with van der Waals surface area (Å²) < 4.78 is 11.2. The molecule has 0 aromatic carbocycles. The van der Waals surface area contributed by atoms with Gasteiger partial charge in [0.2, 0.25) is 11.7 Å². The van der Waals surface area contributed by atoms with Crippen LogP contribution in [0.2, 0.25) is 0 Å². The van der Waals surface area contributed by atoms with Gasteiger partial charge in [-0.2, -0.15) is 4.98 Å². The maximum Gasteiger partial charge on any atom is 0.243 e. The van der Waals surface area contributed by atoms with Crippen LogP contribution in [0.25, 0.3) is 0 Å². The normalized spacial score (nSPS) is 31.4. The first-order valence-corrected chi connectivity index (χ1v) is 7.75. The molecule has 0 radical (unpaired) electrons. The molecule has 0 unspecified atom stereocenters. The van der Waals surface area contributed by atoms with Gasteiger partial charge in [0.1, 0.15) is 5.60 Å². The molecule has 0 spiro atoms. The minimum Gasteiger partial charge on any atom is -0.392 e. The van der Waals surface area contributed by atoms with Crippen LogP contribution in [-0.2, 0) is 10.3 Å². The van der Waals surface area contributed by atoms with Crippen molar-refractivity contribution in [3.8, 4) is 0 Å². The number of aliphatic hydroxyl groups is 1. The average molecular weight is 295 g/mol. The van der Waals surface area contributed by atoms with E-state index in [9.17, 15) is 5.11 Å². The molecule has 1 aromatic rings. The number of nitrogens with one attached hydrogen (secondary N) is 1. The van der Waals surface area contributed by atoms with Crippen molar-refractivity contribution in [3.05, 3.63) is 11.7 Å². The molecule has 1 aliphatic heterocycles. The third-order valence-corrected chi connectivity index (χ3v) is 5.06. The van der Waals surface area contributed by atoms with Crippen LogP contribution in [0.15, 0.2) is 4.52 Å². The van der Waals surface area contributed by atoms with E-state index in [0.29, 0.717) is 30.1 Å². The quantitative estimate of drug-likeness (QED) is 0.886. The lowest BCUT2D eigenvalue weighted by Crippen LogP contribution is -2.37. The summed E-state index contributed by atoms with van der Waals surface area (Å²) in [6.07, 6.45) is 4.29. The molecule has 2 N–H and O–H groups in total. The van der Waals surface area contributed by atoms with Gasteiger partial charge in [-0.05, 0) is 37.5 Å². The van der Waals surface area contributed by atoms with E-state index in [0.717, 1.165) is 25.7 Å². The van der Waals surface area contributed by atoms with Crippen molar-refractivity contribution < 1.29 is 14.4 Å². The fraction of sp³-hybridized carbons (Fsp3) is 0.867. The van der Waals surface area contributed by atoms with E-state index in [1.807, 2.05) is 0 Å². The molecule has 21 heavy (non-hydrogen) atoms. The molecule has 6 nitrogen and oxygen atoms in total. The first-order valence-electron chi connectivity index (χ1n) is 7.75. The number of aliphatic hydroxyl groups excluding tert-OH is 1. The zero-order chi connectivity index (χ0) is 15.1. The molecule has 1 saturated carbocycles. The van der Waals surface area contributed by atoms with Crippen LogP contribution in [0.4, 0.5) is 0 Å². The zero-order valence-corrected chi connectivity index (χ0v) is 13.1. The Bertz CT molecular complexity index is 490. The fourth-order valence-electron chi connectivity index (χ4n) is 3.32. The molecule has 1 aliphatic carbocycles. The lowest BCUT2D eigenvalue weighted by atomic mass is 9.70. The molecule has 2 heterocycles. The SMILES string of the molecule is COC1(c2noc([C@H]3C[C@H](O)CN3)n2)CCC(C)(C)CC1. The Morgan fingerprint density at radius 2 is 2.00 bits per heavy atom. The summed E-state index contributed by atoms with van der Waals surface area (Å²) in [6, 6.07) is -0.0461. The van der Waals surface area contributed by atoms with Gasteiger partial charge < -0.3 is 19.7 Å². The van der Waals surface area contributed by atoms with E-state index in [1.165, 1.54) is 0 Å². The van der Waals surface area contributed by atoms with Gasteiger partial charge in [0.15, 0.2) is 0 Å². The van der Waals surface area contributed by atoms with Crippen molar-refractivity contribution in [2.75, 3.05) is 13.7 Å². The lowest BCUT2D eigenvalue weighted by Gasteiger charge is -2.40. The van der Waals surface area contributed by atoms with Crippen molar-refractivity contribution in [2.24, 2.45) is 5.41 Å². The van der Waals surface area contributed by atoms with E-state index in [-0.39, 0.29) is 12.1 Å². The molecule has 1 aromatic heterocycles. The summed E-state index contributed by atoms with van der Waals surface area (Å²) >= 11 is 0. The standard InChI is InChI=1S/C15H25N3O3/c1-14(2)4-6-15(20-3,7-5-14)13-17-12(21-18-13)11-8-10(19)9-16-11/h10-11,16,19H,4-9H2,1-3H3/t10-,11+/m0/s1. The molecular formula is C15H25N3O3. The van der Waals surface area contributed by atoms with E-state index in [2.05, 4.69) is 29.3 Å². The van der Waals surface area contributed by atoms with E-state index in [1.54, 1.807) is 7.11 Å². The maximum atomic E-state index is 9.59. The number of methoxy groups -OCH3 is 1. The minimum absolute atomic E-state index is 0.0461. The second-order valence-corrected chi connectivity index (χ2v) is 7.17. The topological polar surface area (TPSA) is 80.4 Å². The maximum absolute atomic E-state index is 9.59. The van der Waals surface area contributed by atoms with E-state index >= 15 is 0 Å². The van der Waals surface area contributed by atoms with Crippen LogP contribution in [-0.4, -0.2) is 35.0 Å². The molecule has 2 atom stereocenters.